The van der Waals surface area contributed by atoms with Crippen molar-refractivity contribution in [1.82, 2.24) is 9.55 Å². The quantitative estimate of drug-likeness (QED) is 0.693. The van der Waals surface area contributed by atoms with Crippen molar-refractivity contribution in [2.45, 2.75) is 25.1 Å². The van der Waals surface area contributed by atoms with Crippen LogP contribution < -0.4 is 10.9 Å². The van der Waals surface area contributed by atoms with Gasteiger partial charge in [0.25, 0.3) is 5.56 Å². The summed E-state index contributed by atoms with van der Waals surface area (Å²) in [4.78, 5) is 14.9. The number of hydrogen-bond acceptors (Lipinski definition) is 3. The molecule has 0 aliphatic carbocycles. The summed E-state index contributed by atoms with van der Waals surface area (Å²) in [5.74, 6) is -0.784. The predicted molar refractivity (Wildman–Crippen MR) is 83.7 cm³/mol. The summed E-state index contributed by atoms with van der Waals surface area (Å²) in [6.07, 6.45) is -14.4. The highest BCUT2D eigenvalue weighted by Crippen LogP contribution is 2.37. The normalized spacial score (nSPS) is 12.7. The summed E-state index contributed by atoms with van der Waals surface area (Å²) in [6, 6.07) is 0.971. The fourth-order valence-electron chi connectivity index (χ4n) is 2.28. The van der Waals surface area contributed by atoms with Crippen LogP contribution in [0.3, 0.4) is 0 Å². The highest BCUT2D eigenvalue weighted by Gasteiger charge is 2.38. The van der Waals surface area contributed by atoms with Crippen molar-refractivity contribution in [3.63, 3.8) is 0 Å². The molecule has 0 fully saturated rings. The molecule has 2 aromatic rings. The number of hydrogen-bond donors (Lipinski definition) is 1. The Morgan fingerprint density at radius 3 is 2.07 bits per heavy atom. The van der Waals surface area contributed by atoms with Crippen LogP contribution in [0.15, 0.2) is 35.6 Å². The third-order valence-electron chi connectivity index (χ3n) is 3.60. The van der Waals surface area contributed by atoms with E-state index in [0.717, 1.165) is 6.20 Å². The second-order valence-electron chi connectivity index (χ2n) is 5.57. The maximum absolute atomic E-state index is 13.1. The molecule has 13 heteroatoms. The fraction of sp³-hybridized carbons (Fsp3) is 0.250. The Hall–Kier alpha value is -2.99. The molecule has 0 saturated heterocycles. The first-order valence-corrected chi connectivity index (χ1v) is 7.49. The zero-order valence-electron chi connectivity index (χ0n) is 14.0. The maximum Gasteiger partial charge on any atom is 0.433 e. The van der Waals surface area contributed by atoms with Crippen LogP contribution in [0, 0.1) is 0 Å². The van der Waals surface area contributed by atoms with Crippen LogP contribution in [-0.2, 0) is 25.1 Å². The van der Waals surface area contributed by atoms with E-state index in [1.165, 1.54) is 0 Å². The average Bonchev–Trinajstić information content (AvgIpc) is 2.56. The molecular formula is C16H10F9N3O. The van der Waals surface area contributed by atoms with Crippen LogP contribution >= 0.6 is 0 Å². The third-order valence-corrected chi connectivity index (χ3v) is 3.60. The van der Waals surface area contributed by atoms with Gasteiger partial charge in [-0.3, -0.25) is 9.36 Å². The zero-order chi connectivity index (χ0) is 22.2. The molecular weight excluding hydrogens is 421 g/mol. The molecule has 0 aliphatic rings. The van der Waals surface area contributed by atoms with Crippen molar-refractivity contribution in [3.05, 3.63) is 63.6 Å². The van der Waals surface area contributed by atoms with E-state index >= 15 is 0 Å². The molecule has 0 amide bonds. The van der Waals surface area contributed by atoms with Gasteiger partial charge in [0.05, 0.1) is 11.1 Å². The van der Waals surface area contributed by atoms with Crippen LogP contribution in [0.2, 0.25) is 0 Å². The molecule has 29 heavy (non-hydrogen) atoms. The lowest BCUT2D eigenvalue weighted by Crippen LogP contribution is -2.25. The van der Waals surface area contributed by atoms with Gasteiger partial charge < -0.3 is 5.32 Å². The molecule has 0 bridgehead atoms. The Morgan fingerprint density at radius 2 is 1.59 bits per heavy atom. The van der Waals surface area contributed by atoms with Gasteiger partial charge in [0.1, 0.15) is 0 Å². The maximum atomic E-state index is 13.1. The van der Waals surface area contributed by atoms with E-state index in [-0.39, 0.29) is 12.1 Å². The number of benzene rings is 1. The van der Waals surface area contributed by atoms with Gasteiger partial charge in [0.2, 0.25) is 5.95 Å². The molecule has 0 spiro atoms. The van der Waals surface area contributed by atoms with E-state index < -0.39 is 59.0 Å². The molecule has 158 valence electrons. The van der Waals surface area contributed by atoms with E-state index in [0.29, 0.717) is 16.7 Å². The number of nitrogens with zero attached hydrogens (tertiary/aromatic N) is 2. The summed E-state index contributed by atoms with van der Waals surface area (Å²) in [6.45, 7) is 2.32. The Morgan fingerprint density at radius 1 is 0.966 bits per heavy atom. The van der Waals surface area contributed by atoms with Crippen molar-refractivity contribution in [1.29, 1.82) is 0 Å². The topological polar surface area (TPSA) is 46.9 Å². The molecule has 0 unspecified atom stereocenters. The summed E-state index contributed by atoms with van der Waals surface area (Å²) in [5, 5.41) is 2.10. The van der Waals surface area contributed by atoms with Gasteiger partial charge >= 0.3 is 18.5 Å². The summed E-state index contributed by atoms with van der Waals surface area (Å²) in [7, 11) is 0. The van der Waals surface area contributed by atoms with Crippen molar-refractivity contribution in [3.8, 4) is 0 Å². The Balaban J connectivity index is 2.48. The van der Waals surface area contributed by atoms with Crippen LogP contribution in [0.5, 0.6) is 0 Å². The van der Waals surface area contributed by atoms with Crippen molar-refractivity contribution in [2.24, 2.45) is 0 Å². The first-order valence-electron chi connectivity index (χ1n) is 7.49. The van der Waals surface area contributed by atoms with E-state index in [2.05, 4.69) is 16.9 Å². The number of alkyl halides is 9. The molecule has 1 heterocycles. The van der Waals surface area contributed by atoms with Gasteiger partial charge in [-0.1, -0.05) is 12.6 Å². The summed E-state index contributed by atoms with van der Waals surface area (Å²) in [5.41, 5.74) is -6.71. The van der Waals surface area contributed by atoms with Gasteiger partial charge in [-0.2, -0.15) is 39.5 Å². The minimum absolute atomic E-state index is 0.114. The zero-order valence-corrected chi connectivity index (χ0v) is 14.0. The molecule has 1 N–H and O–H groups in total. The molecule has 0 saturated carbocycles. The molecule has 2 rings (SSSR count). The van der Waals surface area contributed by atoms with Crippen molar-refractivity contribution < 1.29 is 39.5 Å². The number of aromatic nitrogens is 2. The van der Waals surface area contributed by atoms with E-state index in [9.17, 15) is 44.3 Å². The van der Waals surface area contributed by atoms with Crippen LogP contribution in [0.25, 0.3) is 6.20 Å². The van der Waals surface area contributed by atoms with Gasteiger partial charge in [-0.25, -0.2) is 4.98 Å². The number of anilines is 1. The van der Waals surface area contributed by atoms with Crippen molar-refractivity contribution in [2.75, 3.05) is 5.32 Å². The number of rotatable bonds is 4. The lowest BCUT2D eigenvalue weighted by atomic mass is 10.0. The largest absolute Gasteiger partial charge is 0.433 e. The lowest BCUT2D eigenvalue weighted by molar-refractivity contribution is -0.143. The minimum atomic E-state index is -5.17. The second kappa shape index (κ2) is 7.44. The highest BCUT2D eigenvalue weighted by atomic mass is 19.4. The highest BCUT2D eigenvalue weighted by molar-refractivity contribution is 5.41. The minimum Gasteiger partial charge on any atom is -0.351 e. The summed E-state index contributed by atoms with van der Waals surface area (Å²) < 4.78 is 116. The van der Waals surface area contributed by atoms with Crippen LogP contribution in [0.1, 0.15) is 22.4 Å². The summed E-state index contributed by atoms with van der Waals surface area (Å²) >= 11 is 0. The Bertz CT molecular complexity index is 972. The standard InChI is InChI=1S/C16H10F9N3O/c1-2-28-12(29)6-11(16(23,24)25)27-13(28)26-7-8-3-4-9(14(17,18)19)5-10(8)15(20,21)22/h2-6H,1,7H2,(H,26,27). The number of nitrogens with one attached hydrogen (secondary N) is 1. The molecule has 4 nitrogen and oxygen atoms in total. The van der Waals surface area contributed by atoms with E-state index in [4.69, 9.17) is 0 Å². The molecule has 0 radical (unpaired) electrons. The van der Waals surface area contributed by atoms with Gasteiger partial charge in [-0.15, -0.1) is 0 Å². The lowest BCUT2D eigenvalue weighted by Gasteiger charge is -2.17. The van der Waals surface area contributed by atoms with Crippen LogP contribution in [-0.4, -0.2) is 9.55 Å². The smallest absolute Gasteiger partial charge is 0.351 e. The van der Waals surface area contributed by atoms with Gasteiger partial charge in [0, 0.05) is 18.8 Å². The van der Waals surface area contributed by atoms with Gasteiger partial charge in [-0.05, 0) is 17.7 Å². The second-order valence-corrected chi connectivity index (χ2v) is 5.57. The molecule has 1 aromatic heterocycles. The van der Waals surface area contributed by atoms with Crippen LogP contribution in [0.4, 0.5) is 45.5 Å². The Kier molecular flexibility index (Phi) is 5.72. The molecule has 0 atom stereocenters. The van der Waals surface area contributed by atoms with Crippen molar-refractivity contribution >= 4 is 12.1 Å². The Labute approximate surface area is 156 Å². The fourth-order valence-corrected chi connectivity index (χ4v) is 2.28. The number of halogens is 9. The average molecular weight is 431 g/mol. The van der Waals surface area contributed by atoms with E-state index in [1.807, 2.05) is 0 Å². The monoisotopic (exact) mass is 431 g/mol. The first kappa shape index (κ1) is 22.3. The SMILES string of the molecule is C=Cn1c(NCc2ccc(C(F)(F)F)cc2C(F)(F)F)nc(C(F)(F)F)cc1=O. The van der Waals surface area contributed by atoms with E-state index in [1.54, 1.807) is 0 Å². The molecule has 1 aromatic carbocycles. The van der Waals surface area contributed by atoms with Gasteiger partial charge in [0.15, 0.2) is 5.69 Å². The predicted octanol–water partition coefficient (Wildman–Crippen LogP) is 5.01. The molecule has 0 aliphatic heterocycles. The third kappa shape index (κ3) is 5.09. The first-order chi connectivity index (χ1) is 13.1.